The van der Waals surface area contributed by atoms with E-state index in [1.54, 1.807) is 0 Å². The molecule has 0 bridgehead atoms. The normalized spacial score (nSPS) is 12.1. The van der Waals surface area contributed by atoms with E-state index in [1.807, 2.05) is 0 Å². The van der Waals surface area contributed by atoms with Crippen LogP contribution in [0.3, 0.4) is 0 Å². The highest BCUT2D eigenvalue weighted by atomic mass is 19.4. The van der Waals surface area contributed by atoms with Crippen LogP contribution < -0.4 is 9.47 Å². The Morgan fingerprint density at radius 1 is 0.944 bits per heavy atom. The summed E-state index contributed by atoms with van der Waals surface area (Å²) in [5.41, 5.74) is -1.38. The van der Waals surface area contributed by atoms with Gasteiger partial charge in [0.1, 0.15) is 17.1 Å². The lowest BCUT2D eigenvalue weighted by Crippen LogP contribution is -2.18. The van der Waals surface area contributed by atoms with Crippen LogP contribution in [0.25, 0.3) is 0 Å². The van der Waals surface area contributed by atoms with E-state index in [4.69, 9.17) is 0 Å². The predicted molar refractivity (Wildman–Crippen MR) is 44.7 cm³/mol. The molecule has 102 valence electrons. The van der Waals surface area contributed by atoms with E-state index in [0.29, 0.717) is 12.1 Å². The molecule has 18 heavy (non-hydrogen) atoms. The lowest BCUT2D eigenvalue weighted by atomic mass is 10.2. The molecule has 0 aliphatic carbocycles. The zero-order valence-electron chi connectivity index (χ0n) is 8.35. The van der Waals surface area contributed by atoms with Crippen molar-refractivity contribution in [2.24, 2.45) is 0 Å². The Labute approximate surface area is 95.9 Å². The van der Waals surface area contributed by atoms with Crippen molar-refractivity contribution < 1.29 is 40.2 Å². The van der Waals surface area contributed by atoms with Crippen LogP contribution in [-0.4, -0.2) is 13.0 Å². The van der Waals surface area contributed by atoms with Crippen LogP contribution in [0.15, 0.2) is 18.2 Å². The fourth-order valence-corrected chi connectivity index (χ4v) is 1.15. The number of rotatable bonds is 4. The highest BCUT2D eigenvalue weighted by molar-refractivity contribution is 5.45. The van der Waals surface area contributed by atoms with Gasteiger partial charge in [-0.2, -0.15) is 8.78 Å². The Balaban J connectivity index is 3.17. The molecule has 0 aliphatic rings. The summed E-state index contributed by atoms with van der Waals surface area (Å²) in [5.74, 6) is -2.35. The largest absolute Gasteiger partial charge is 0.573 e. The number of hydrogen-bond acceptors (Lipinski definition) is 2. The number of halogens is 7. The van der Waals surface area contributed by atoms with Gasteiger partial charge in [-0.15, -0.1) is 13.2 Å². The fraction of sp³-hybridized carbons (Fsp3) is 0.333. The molecular formula is C9H5F7O2. The molecule has 0 spiro atoms. The minimum atomic E-state index is -5.22. The Hall–Kier alpha value is -1.67. The Morgan fingerprint density at radius 2 is 1.50 bits per heavy atom. The van der Waals surface area contributed by atoms with Gasteiger partial charge in [0.2, 0.25) is 0 Å². The average molecular weight is 278 g/mol. The second-order valence-corrected chi connectivity index (χ2v) is 2.89. The van der Waals surface area contributed by atoms with E-state index < -0.39 is 36.5 Å². The molecule has 0 atom stereocenters. The second-order valence-electron chi connectivity index (χ2n) is 2.89. The maximum absolute atomic E-state index is 12.5. The molecule has 0 radical (unpaired) electrons. The van der Waals surface area contributed by atoms with Crippen LogP contribution in [0.1, 0.15) is 12.0 Å². The summed E-state index contributed by atoms with van der Waals surface area (Å²) in [6.45, 7) is -3.44. The van der Waals surface area contributed by atoms with Crippen LogP contribution in [0, 0.1) is 0 Å². The molecule has 9 heteroatoms. The summed E-state index contributed by atoms with van der Waals surface area (Å²) in [5, 5.41) is 0. The average Bonchev–Trinajstić information content (AvgIpc) is 2.13. The Morgan fingerprint density at radius 3 is 1.94 bits per heavy atom. The van der Waals surface area contributed by atoms with E-state index in [0.717, 1.165) is 6.07 Å². The van der Waals surface area contributed by atoms with Crippen molar-refractivity contribution in [1.82, 2.24) is 0 Å². The summed E-state index contributed by atoms with van der Waals surface area (Å²) < 4.78 is 91.7. The molecule has 0 unspecified atom stereocenters. The number of hydrogen-bond donors (Lipinski definition) is 0. The SMILES string of the molecule is FC(F)Oc1cccc(OC(F)(F)F)c1C(F)F. The first-order valence-electron chi connectivity index (χ1n) is 4.32. The van der Waals surface area contributed by atoms with E-state index in [-0.39, 0.29) is 0 Å². The van der Waals surface area contributed by atoms with Gasteiger partial charge in [-0.3, -0.25) is 0 Å². The van der Waals surface area contributed by atoms with E-state index in [9.17, 15) is 30.7 Å². The molecule has 1 rings (SSSR count). The summed E-state index contributed by atoms with van der Waals surface area (Å²) in [4.78, 5) is 0. The Kier molecular flexibility index (Phi) is 4.25. The lowest BCUT2D eigenvalue weighted by Gasteiger charge is -2.16. The van der Waals surface area contributed by atoms with Crippen molar-refractivity contribution in [2.45, 2.75) is 19.4 Å². The minimum absolute atomic E-state index is 0.577. The van der Waals surface area contributed by atoms with Gasteiger partial charge in [0, 0.05) is 0 Å². The number of benzene rings is 1. The van der Waals surface area contributed by atoms with Gasteiger partial charge in [-0.05, 0) is 12.1 Å². The summed E-state index contributed by atoms with van der Waals surface area (Å²) in [6.07, 6.45) is -8.68. The predicted octanol–water partition coefficient (Wildman–Crippen LogP) is 4.12. The maximum atomic E-state index is 12.5. The standard InChI is InChI=1S/C9H5F7O2/c10-7(11)6-4(17-8(12)13)2-1-3-5(6)18-9(14,15)16/h1-3,7-8H. The van der Waals surface area contributed by atoms with Gasteiger partial charge in [-0.25, -0.2) is 8.78 Å². The quantitative estimate of drug-likeness (QED) is 0.771. The van der Waals surface area contributed by atoms with Crippen molar-refractivity contribution in [3.05, 3.63) is 23.8 Å². The van der Waals surface area contributed by atoms with Crippen molar-refractivity contribution in [3.63, 3.8) is 0 Å². The first-order valence-corrected chi connectivity index (χ1v) is 4.32. The minimum Gasteiger partial charge on any atom is -0.434 e. The summed E-state index contributed by atoms with van der Waals surface area (Å²) in [7, 11) is 0. The third-order valence-electron chi connectivity index (χ3n) is 1.69. The molecule has 0 saturated carbocycles. The Bertz CT molecular complexity index is 402. The monoisotopic (exact) mass is 278 g/mol. The highest BCUT2D eigenvalue weighted by Gasteiger charge is 2.34. The topological polar surface area (TPSA) is 18.5 Å². The van der Waals surface area contributed by atoms with Gasteiger partial charge in [-0.1, -0.05) is 6.07 Å². The molecule has 1 aromatic carbocycles. The van der Waals surface area contributed by atoms with Crippen molar-refractivity contribution >= 4 is 0 Å². The number of alkyl halides is 7. The molecule has 2 nitrogen and oxygen atoms in total. The van der Waals surface area contributed by atoms with Crippen molar-refractivity contribution in [1.29, 1.82) is 0 Å². The second kappa shape index (κ2) is 5.32. The van der Waals surface area contributed by atoms with Gasteiger partial charge >= 0.3 is 13.0 Å². The van der Waals surface area contributed by atoms with Gasteiger partial charge in [0.25, 0.3) is 6.43 Å². The van der Waals surface area contributed by atoms with Crippen LogP contribution in [0.5, 0.6) is 11.5 Å². The molecule has 0 N–H and O–H groups in total. The van der Waals surface area contributed by atoms with Crippen LogP contribution in [0.2, 0.25) is 0 Å². The maximum Gasteiger partial charge on any atom is 0.573 e. The zero-order valence-corrected chi connectivity index (χ0v) is 8.35. The van der Waals surface area contributed by atoms with E-state index >= 15 is 0 Å². The van der Waals surface area contributed by atoms with Crippen molar-refractivity contribution in [3.8, 4) is 11.5 Å². The molecule has 0 aromatic heterocycles. The van der Waals surface area contributed by atoms with E-state index in [1.165, 1.54) is 0 Å². The van der Waals surface area contributed by atoms with Crippen LogP contribution >= 0.6 is 0 Å². The molecule has 0 aliphatic heterocycles. The molecule has 0 fully saturated rings. The van der Waals surface area contributed by atoms with Crippen LogP contribution in [-0.2, 0) is 0 Å². The molecular weight excluding hydrogens is 273 g/mol. The van der Waals surface area contributed by atoms with Gasteiger partial charge < -0.3 is 9.47 Å². The van der Waals surface area contributed by atoms with Gasteiger partial charge in [0.15, 0.2) is 0 Å². The highest BCUT2D eigenvalue weighted by Crippen LogP contribution is 2.39. The lowest BCUT2D eigenvalue weighted by molar-refractivity contribution is -0.275. The van der Waals surface area contributed by atoms with Crippen molar-refractivity contribution in [2.75, 3.05) is 0 Å². The first-order chi connectivity index (χ1) is 8.20. The zero-order chi connectivity index (χ0) is 13.9. The fourth-order valence-electron chi connectivity index (χ4n) is 1.15. The first kappa shape index (κ1) is 14.4. The third-order valence-corrected chi connectivity index (χ3v) is 1.69. The number of ether oxygens (including phenoxy) is 2. The smallest absolute Gasteiger partial charge is 0.434 e. The third kappa shape index (κ3) is 3.97. The molecule has 0 heterocycles. The van der Waals surface area contributed by atoms with E-state index in [2.05, 4.69) is 9.47 Å². The van der Waals surface area contributed by atoms with Gasteiger partial charge in [0.05, 0.1) is 0 Å². The summed E-state index contributed by atoms with van der Waals surface area (Å²) >= 11 is 0. The molecule has 0 amide bonds. The molecule has 1 aromatic rings. The molecule has 0 saturated heterocycles. The van der Waals surface area contributed by atoms with Crippen LogP contribution in [0.4, 0.5) is 30.7 Å². The summed E-state index contributed by atoms with van der Waals surface area (Å²) in [6, 6.07) is 2.09.